The largest absolute Gasteiger partial charge is 0.569 e. The number of hydrogen-bond donors (Lipinski definition) is 1. The van der Waals surface area contributed by atoms with E-state index in [1.54, 1.807) is 20.8 Å². The van der Waals surface area contributed by atoms with Gasteiger partial charge in [-0.05, 0) is 5.92 Å². The van der Waals surface area contributed by atoms with Gasteiger partial charge in [-0.15, -0.1) is 5.01 Å². The molecule has 0 unspecified atom stereocenters. The number of carbonyl (C=O) groups is 2. The Kier molecular flexibility index (Phi) is 8.10. The first kappa shape index (κ1) is 18.9. The van der Waals surface area contributed by atoms with Crippen LogP contribution in [-0.2, 0) is 19.2 Å². The summed E-state index contributed by atoms with van der Waals surface area (Å²) >= 11 is 0. The second-order valence-electron chi connectivity index (χ2n) is 4.94. The van der Waals surface area contributed by atoms with Crippen molar-refractivity contribution in [3.05, 3.63) is 5.21 Å². The molecule has 0 bridgehead atoms. The van der Waals surface area contributed by atoms with Crippen LogP contribution in [0.2, 0.25) is 0 Å². The van der Waals surface area contributed by atoms with Crippen molar-refractivity contribution >= 4 is 11.9 Å². The highest BCUT2D eigenvalue weighted by Gasteiger charge is 2.33. The van der Waals surface area contributed by atoms with Crippen LogP contribution in [0, 0.1) is 17.0 Å². The van der Waals surface area contributed by atoms with Gasteiger partial charge in [-0.3, -0.25) is 4.79 Å². The second kappa shape index (κ2) is 8.98. The zero-order valence-corrected chi connectivity index (χ0v) is 13.0. The number of likely N-dealkylation sites (N-methyl/N-ethyl adjacent to an activating group) is 1. The van der Waals surface area contributed by atoms with Crippen molar-refractivity contribution < 1.29 is 29.2 Å². The van der Waals surface area contributed by atoms with Gasteiger partial charge >= 0.3 is 11.9 Å². The summed E-state index contributed by atoms with van der Waals surface area (Å²) in [5, 5.41) is 24.8. The lowest BCUT2D eigenvalue weighted by atomic mass is 9.99. The maximum atomic E-state index is 11.6. The van der Waals surface area contributed by atoms with Crippen LogP contribution in [-0.4, -0.2) is 46.9 Å². The predicted molar refractivity (Wildman–Crippen MR) is 71.6 cm³/mol. The molecule has 0 aromatic rings. The molecule has 0 aliphatic carbocycles. The van der Waals surface area contributed by atoms with E-state index in [1.165, 1.54) is 7.05 Å². The molecule has 0 radical (unpaired) electrons. The molecule has 0 aromatic heterocycles. The van der Waals surface area contributed by atoms with Gasteiger partial charge in [0.1, 0.15) is 0 Å². The van der Waals surface area contributed by atoms with Crippen LogP contribution in [0.25, 0.3) is 0 Å². The van der Waals surface area contributed by atoms with Gasteiger partial charge in [0.2, 0.25) is 5.28 Å². The van der Waals surface area contributed by atoms with Crippen molar-refractivity contribution in [1.82, 2.24) is 5.01 Å². The molecule has 9 nitrogen and oxygen atoms in total. The van der Waals surface area contributed by atoms with Crippen molar-refractivity contribution in [1.29, 1.82) is 0 Å². The number of hydrogen-bond acceptors (Lipinski definition) is 6. The minimum atomic E-state index is -1.13. The molecule has 0 amide bonds. The van der Waals surface area contributed by atoms with E-state index in [0.29, 0.717) is 6.42 Å². The molecule has 0 heterocycles. The Morgan fingerprint density at radius 3 is 2.38 bits per heavy atom. The highest BCUT2D eigenvalue weighted by atomic mass is 16.8. The molecule has 0 aromatic carbocycles. The Hall–Kier alpha value is -2.06. The number of rotatable bonds is 9. The number of carboxylic acids is 1. The van der Waals surface area contributed by atoms with Crippen molar-refractivity contribution in [2.75, 3.05) is 13.8 Å². The van der Waals surface area contributed by atoms with E-state index in [2.05, 4.69) is 14.9 Å². The predicted octanol–water partition coefficient (Wildman–Crippen LogP) is 1.38. The molecule has 1 N–H and O–H groups in total. The summed E-state index contributed by atoms with van der Waals surface area (Å²) in [7, 11) is 1.30. The Morgan fingerprint density at radius 1 is 1.38 bits per heavy atom. The molecule has 0 aliphatic rings. The van der Waals surface area contributed by atoms with Crippen LogP contribution in [0.4, 0.5) is 0 Å². The first-order chi connectivity index (χ1) is 9.72. The molecule has 2 atom stereocenters. The Bertz CT molecular complexity index is 385. The van der Waals surface area contributed by atoms with Gasteiger partial charge in [-0.2, -0.15) is 0 Å². The van der Waals surface area contributed by atoms with E-state index in [1.807, 2.05) is 6.92 Å². The topological polar surface area (TPSA) is 114 Å². The third-order valence-electron chi connectivity index (χ3n) is 2.96. The van der Waals surface area contributed by atoms with Gasteiger partial charge < -0.3 is 19.9 Å². The maximum absolute atomic E-state index is 11.6. The first-order valence-corrected chi connectivity index (χ1v) is 6.64. The molecule has 21 heavy (non-hydrogen) atoms. The van der Waals surface area contributed by atoms with Crippen molar-refractivity contribution in [2.45, 2.75) is 40.2 Å². The molecular formula is C12H23N3O6. The fourth-order valence-corrected chi connectivity index (χ4v) is 1.48. The van der Waals surface area contributed by atoms with Gasteiger partial charge in [0.05, 0.1) is 17.9 Å². The fourth-order valence-electron chi connectivity index (χ4n) is 1.48. The monoisotopic (exact) mass is 305 g/mol. The minimum Gasteiger partial charge on any atom is -0.569 e. The fraction of sp³-hybridized carbons (Fsp3) is 0.833. The Morgan fingerprint density at radius 2 is 1.95 bits per heavy atom. The zero-order chi connectivity index (χ0) is 16.6. The standard InChI is InChI=1S/C12H23N3O6/c1-6-9(4)10(11(16)17)14(5)15(19)13-21-7-20-12(18)8(2)3/h8-10H,6-7H2,1-5H3,(H,16,17)/b15-13-/t9-,10+/m1/s1. The van der Waals surface area contributed by atoms with E-state index in [-0.39, 0.29) is 16.8 Å². The van der Waals surface area contributed by atoms with E-state index >= 15 is 0 Å². The molecule has 122 valence electrons. The number of nitrogens with zero attached hydrogens (tertiary/aromatic N) is 3. The first-order valence-electron chi connectivity index (χ1n) is 6.64. The molecule has 0 spiro atoms. The lowest BCUT2D eigenvalue weighted by Crippen LogP contribution is -2.46. The maximum Gasteiger partial charge on any atom is 0.332 e. The molecule has 0 saturated heterocycles. The molecule has 9 heteroatoms. The van der Waals surface area contributed by atoms with Gasteiger partial charge in [0.25, 0.3) is 6.79 Å². The van der Waals surface area contributed by atoms with Crippen molar-refractivity contribution in [3.8, 4) is 0 Å². The van der Waals surface area contributed by atoms with Gasteiger partial charge in [-0.1, -0.05) is 34.1 Å². The number of carboxylic acid groups (broad SMARTS) is 1. The summed E-state index contributed by atoms with van der Waals surface area (Å²) in [6, 6.07) is -1.03. The van der Waals surface area contributed by atoms with Crippen LogP contribution in [0.5, 0.6) is 0 Å². The Labute approximate surface area is 123 Å². The smallest absolute Gasteiger partial charge is 0.332 e. The van der Waals surface area contributed by atoms with Crippen molar-refractivity contribution in [2.24, 2.45) is 17.1 Å². The second-order valence-corrected chi connectivity index (χ2v) is 4.94. The van der Waals surface area contributed by atoms with Crippen LogP contribution in [0.1, 0.15) is 34.1 Å². The van der Waals surface area contributed by atoms with Gasteiger partial charge in [0.15, 0.2) is 6.04 Å². The third-order valence-corrected chi connectivity index (χ3v) is 2.96. The third kappa shape index (κ3) is 6.28. The van der Waals surface area contributed by atoms with Gasteiger partial charge in [-0.25, -0.2) is 4.79 Å². The average molecular weight is 305 g/mol. The lowest BCUT2D eigenvalue weighted by molar-refractivity contribution is -0.712. The SMILES string of the molecule is CC[C@@H](C)[C@@H](C(=O)O)N(C)/[N+]([O-])=N/OCOC(=O)C(C)C. The molecular weight excluding hydrogens is 282 g/mol. The molecule has 0 fully saturated rings. The number of ether oxygens (including phenoxy) is 1. The number of carbonyl (C=O) groups excluding carboxylic acids is 1. The van der Waals surface area contributed by atoms with E-state index in [0.717, 1.165) is 5.01 Å². The summed E-state index contributed by atoms with van der Waals surface area (Å²) in [5.74, 6) is -2.19. The number of hydrazine groups is 1. The summed E-state index contributed by atoms with van der Waals surface area (Å²) < 4.78 is 4.65. The van der Waals surface area contributed by atoms with Crippen molar-refractivity contribution in [3.63, 3.8) is 0 Å². The van der Waals surface area contributed by atoms with Gasteiger partial charge in [0, 0.05) is 0 Å². The van der Waals surface area contributed by atoms with Crippen LogP contribution < -0.4 is 0 Å². The van der Waals surface area contributed by atoms with E-state index < -0.39 is 24.8 Å². The average Bonchev–Trinajstić information content (AvgIpc) is 2.42. The summed E-state index contributed by atoms with van der Waals surface area (Å²) in [6.45, 7) is 6.33. The van der Waals surface area contributed by atoms with E-state index in [4.69, 9.17) is 5.11 Å². The number of aliphatic carboxylic acids is 1. The Balaban J connectivity index is 4.53. The van der Waals surface area contributed by atoms with Crippen LogP contribution >= 0.6 is 0 Å². The highest BCUT2D eigenvalue weighted by molar-refractivity contribution is 5.73. The normalized spacial score (nSPS) is 14.5. The zero-order valence-electron chi connectivity index (χ0n) is 13.0. The molecule has 0 saturated carbocycles. The van der Waals surface area contributed by atoms with E-state index in [9.17, 15) is 14.8 Å². The summed E-state index contributed by atoms with van der Waals surface area (Å²) in [5.41, 5.74) is 0. The number of esters is 1. The molecule has 0 aliphatic heterocycles. The van der Waals surface area contributed by atoms with Crippen LogP contribution in [0.15, 0.2) is 5.28 Å². The lowest BCUT2D eigenvalue weighted by Gasteiger charge is -2.24. The molecule has 0 rings (SSSR count). The quantitative estimate of drug-likeness (QED) is 0.171. The minimum absolute atomic E-state index is 0.0220. The highest BCUT2D eigenvalue weighted by Crippen LogP contribution is 2.14. The summed E-state index contributed by atoms with van der Waals surface area (Å²) in [6.07, 6.45) is 0.585. The van der Waals surface area contributed by atoms with Crippen LogP contribution in [0.3, 0.4) is 0 Å². The summed E-state index contributed by atoms with van der Waals surface area (Å²) in [4.78, 5) is 26.9.